The Morgan fingerprint density at radius 1 is 1.03 bits per heavy atom. The van der Waals surface area contributed by atoms with Crippen molar-refractivity contribution in [2.24, 2.45) is 5.73 Å². The Hall–Kier alpha value is -2.38. The van der Waals surface area contributed by atoms with Gasteiger partial charge in [-0.3, -0.25) is 19.0 Å². The van der Waals surface area contributed by atoms with Crippen molar-refractivity contribution in [3.63, 3.8) is 0 Å². The lowest BCUT2D eigenvalue weighted by molar-refractivity contribution is 0.100. The topological polar surface area (TPSA) is 134 Å². The van der Waals surface area contributed by atoms with E-state index in [0.717, 1.165) is 5.56 Å². The van der Waals surface area contributed by atoms with Gasteiger partial charge < -0.3 is 5.73 Å². The van der Waals surface area contributed by atoms with E-state index >= 15 is 0 Å². The Labute approximate surface area is 201 Å². The highest BCUT2D eigenvalue weighted by molar-refractivity contribution is 7.92. The molecule has 0 amide bonds. The van der Waals surface area contributed by atoms with Gasteiger partial charge in [-0.1, -0.05) is 12.1 Å². The van der Waals surface area contributed by atoms with Crippen molar-refractivity contribution in [2.45, 2.75) is 20.0 Å². The second-order valence-electron chi connectivity index (χ2n) is 8.18. The Kier molecular flexibility index (Phi) is 8.42. The molecule has 0 unspecified atom stereocenters. The number of Topliss-reactive ketones (excluding diaryl/α,β-unsaturated/α-hetero) is 1. The Balaban J connectivity index is 1.71. The summed E-state index contributed by atoms with van der Waals surface area (Å²) in [5.74, 6) is -0.297. The number of carbonyl (C=O) groups excluding carboxylic acids is 1. The van der Waals surface area contributed by atoms with Crippen molar-refractivity contribution in [1.82, 2.24) is 14.2 Å². The van der Waals surface area contributed by atoms with E-state index in [1.54, 1.807) is 31.2 Å². The minimum Gasteiger partial charge on any atom is -0.324 e. The Morgan fingerprint density at radius 3 is 2.18 bits per heavy atom. The summed E-state index contributed by atoms with van der Waals surface area (Å²) in [6.07, 6.45) is 2.63. The van der Waals surface area contributed by atoms with E-state index in [1.807, 2.05) is 12.1 Å². The lowest BCUT2D eigenvalue weighted by Crippen LogP contribution is -2.47. The van der Waals surface area contributed by atoms with Gasteiger partial charge in [-0.05, 0) is 36.8 Å². The Bertz CT molecular complexity index is 1190. The first kappa shape index (κ1) is 26.2. The number of hydrogen-bond donors (Lipinski definition) is 1. The van der Waals surface area contributed by atoms with E-state index < -0.39 is 20.0 Å². The van der Waals surface area contributed by atoms with Crippen molar-refractivity contribution in [3.8, 4) is 0 Å². The van der Waals surface area contributed by atoms with Crippen LogP contribution in [0.15, 0.2) is 42.6 Å². The molecule has 10 nitrogen and oxygen atoms in total. The normalized spacial score (nSPS) is 15.9. The first-order valence-electron chi connectivity index (χ1n) is 11.0. The number of nitrogens with two attached hydrogens (primary N) is 1. The van der Waals surface area contributed by atoms with Gasteiger partial charge in [0.05, 0.1) is 36.5 Å². The molecule has 0 atom stereocenters. The minimum absolute atomic E-state index is 0.0417. The third-order valence-corrected chi connectivity index (χ3v) is 8.81. The highest BCUT2D eigenvalue weighted by Gasteiger charge is 2.24. The number of hydrogen-bond acceptors (Lipinski definition) is 8. The molecule has 186 valence electrons. The summed E-state index contributed by atoms with van der Waals surface area (Å²) in [6.45, 7) is 4.36. The van der Waals surface area contributed by atoms with Gasteiger partial charge in [-0.2, -0.15) is 4.31 Å². The van der Waals surface area contributed by atoms with Gasteiger partial charge in [0.2, 0.25) is 20.0 Å². The van der Waals surface area contributed by atoms with Gasteiger partial charge in [0, 0.05) is 44.5 Å². The molecule has 2 aromatic rings. The average Bonchev–Trinajstić information content (AvgIpc) is 2.82. The fraction of sp³-hybridized carbons (Fsp3) is 0.455. The maximum Gasteiger partial charge on any atom is 0.235 e. The summed E-state index contributed by atoms with van der Waals surface area (Å²) in [6, 6.07) is 10.5. The van der Waals surface area contributed by atoms with Crippen molar-refractivity contribution in [3.05, 3.63) is 59.4 Å². The van der Waals surface area contributed by atoms with Crippen LogP contribution in [-0.2, 0) is 33.1 Å². The molecule has 1 aliphatic heterocycles. The first-order valence-corrected chi connectivity index (χ1v) is 14.4. The zero-order valence-electron chi connectivity index (χ0n) is 19.4. The summed E-state index contributed by atoms with van der Waals surface area (Å²) in [5, 5.41) is 0. The smallest absolute Gasteiger partial charge is 0.235 e. The molecule has 0 bridgehead atoms. The molecule has 1 saturated heterocycles. The molecule has 0 radical (unpaired) electrons. The number of aromatic nitrogens is 1. The third kappa shape index (κ3) is 6.60. The lowest BCUT2D eigenvalue weighted by atomic mass is 10.1. The predicted molar refractivity (Wildman–Crippen MR) is 131 cm³/mol. The summed E-state index contributed by atoms with van der Waals surface area (Å²) < 4.78 is 51.8. The first-order chi connectivity index (χ1) is 16.0. The molecule has 1 aromatic carbocycles. The van der Waals surface area contributed by atoms with Crippen LogP contribution in [-0.4, -0.2) is 81.5 Å². The van der Waals surface area contributed by atoms with Gasteiger partial charge in [0.1, 0.15) is 0 Å². The van der Waals surface area contributed by atoms with Crippen molar-refractivity contribution < 1.29 is 21.6 Å². The van der Waals surface area contributed by atoms with Crippen molar-refractivity contribution >= 4 is 31.5 Å². The third-order valence-electron chi connectivity index (χ3n) is 5.77. The van der Waals surface area contributed by atoms with E-state index in [2.05, 4.69) is 9.88 Å². The highest BCUT2D eigenvalue weighted by Crippen LogP contribution is 2.23. The van der Waals surface area contributed by atoms with Crippen molar-refractivity contribution in [1.29, 1.82) is 0 Å². The van der Waals surface area contributed by atoms with Crippen LogP contribution in [0.1, 0.15) is 28.5 Å². The molecule has 1 aromatic heterocycles. The number of nitrogens with zero attached hydrogens (tertiary/aromatic N) is 4. The summed E-state index contributed by atoms with van der Waals surface area (Å²) in [7, 11) is -6.74. The van der Waals surface area contributed by atoms with E-state index in [1.165, 1.54) is 21.1 Å². The molecule has 1 aliphatic rings. The standard InChI is InChI=1S/C22H31N5O5S2/c1-3-34(31,32)27(17-20-7-6-19(15-24-20)22(28)14-23)21-8-4-18(5-9-21)16-25-10-12-26(13-11-25)33(2,29)30/h4-9,15H,3,10-14,16-17,23H2,1-2H3. The van der Waals surface area contributed by atoms with Crippen LogP contribution in [0.25, 0.3) is 0 Å². The van der Waals surface area contributed by atoms with Gasteiger partial charge in [-0.25, -0.2) is 16.8 Å². The number of ketones is 1. The molecule has 0 aliphatic carbocycles. The fourth-order valence-electron chi connectivity index (χ4n) is 3.70. The average molecular weight is 510 g/mol. The zero-order chi connectivity index (χ0) is 24.9. The minimum atomic E-state index is -3.57. The number of rotatable bonds is 10. The molecular formula is C22H31N5O5S2. The molecule has 2 N–H and O–H groups in total. The predicted octanol–water partition coefficient (Wildman–Crippen LogP) is 0.657. The molecule has 3 rings (SSSR count). The van der Waals surface area contributed by atoms with Crippen molar-refractivity contribution in [2.75, 3.05) is 49.0 Å². The van der Waals surface area contributed by atoms with E-state index in [4.69, 9.17) is 5.73 Å². The van der Waals surface area contributed by atoms with Gasteiger partial charge >= 0.3 is 0 Å². The van der Waals surface area contributed by atoms with Gasteiger partial charge in [-0.15, -0.1) is 0 Å². The summed E-state index contributed by atoms with van der Waals surface area (Å²) >= 11 is 0. The van der Waals surface area contributed by atoms with Crippen LogP contribution < -0.4 is 10.0 Å². The van der Waals surface area contributed by atoms with Crippen LogP contribution in [0, 0.1) is 0 Å². The molecule has 1 fully saturated rings. The van der Waals surface area contributed by atoms with Crippen LogP contribution in [0.3, 0.4) is 0 Å². The number of carbonyl (C=O) groups is 1. The van der Waals surface area contributed by atoms with E-state index in [9.17, 15) is 21.6 Å². The van der Waals surface area contributed by atoms with Crippen LogP contribution in [0.5, 0.6) is 0 Å². The monoisotopic (exact) mass is 509 g/mol. The largest absolute Gasteiger partial charge is 0.324 e. The molecule has 12 heteroatoms. The molecule has 2 heterocycles. The fourth-order valence-corrected chi connectivity index (χ4v) is 5.61. The molecule has 0 saturated carbocycles. The second kappa shape index (κ2) is 10.9. The van der Waals surface area contributed by atoms with Crippen LogP contribution in [0.4, 0.5) is 5.69 Å². The maximum atomic E-state index is 12.8. The SMILES string of the molecule is CCS(=O)(=O)N(Cc1ccc(C(=O)CN)cn1)c1ccc(CN2CCN(S(C)(=O)=O)CC2)cc1. The zero-order valence-corrected chi connectivity index (χ0v) is 21.1. The number of sulfonamides is 2. The number of pyridine rings is 1. The van der Waals surface area contributed by atoms with Gasteiger partial charge in [0.25, 0.3) is 0 Å². The number of piperazine rings is 1. The van der Waals surface area contributed by atoms with Crippen LogP contribution in [0.2, 0.25) is 0 Å². The maximum absolute atomic E-state index is 12.8. The lowest BCUT2D eigenvalue weighted by Gasteiger charge is -2.33. The number of anilines is 1. The number of benzene rings is 1. The Morgan fingerprint density at radius 2 is 1.68 bits per heavy atom. The van der Waals surface area contributed by atoms with E-state index in [0.29, 0.717) is 49.7 Å². The summed E-state index contributed by atoms with van der Waals surface area (Å²) in [5.41, 5.74) is 7.81. The summed E-state index contributed by atoms with van der Waals surface area (Å²) in [4.78, 5) is 18.1. The molecular weight excluding hydrogens is 478 g/mol. The molecule has 0 spiro atoms. The van der Waals surface area contributed by atoms with Crippen LogP contribution >= 0.6 is 0 Å². The van der Waals surface area contributed by atoms with E-state index in [-0.39, 0.29) is 24.6 Å². The van der Waals surface area contributed by atoms with Gasteiger partial charge in [0.15, 0.2) is 5.78 Å². The second-order valence-corrected chi connectivity index (χ2v) is 12.3. The highest BCUT2D eigenvalue weighted by atomic mass is 32.2. The quantitative estimate of drug-likeness (QED) is 0.462. The molecule has 34 heavy (non-hydrogen) atoms.